The van der Waals surface area contributed by atoms with Gasteiger partial charge in [-0.3, -0.25) is 14.0 Å². The third-order valence-corrected chi connectivity index (χ3v) is 5.85. The van der Waals surface area contributed by atoms with Gasteiger partial charge in [0.1, 0.15) is 0 Å². The van der Waals surface area contributed by atoms with Crippen LogP contribution in [0.3, 0.4) is 0 Å². The minimum absolute atomic E-state index is 0.594. The first-order valence-corrected chi connectivity index (χ1v) is 10.8. The maximum Gasteiger partial charge on any atom is 0.193 e. The molecule has 0 aliphatic carbocycles. The molecular weight excluding hydrogens is 374 g/mol. The van der Waals surface area contributed by atoms with Gasteiger partial charge in [0.05, 0.1) is 0 Å². The summed E-state index contributed by atoms with van der Waals surface area (Å²) in [5.41, 5.74) is 2.52. The lowest BCUT2D eigenvalue weighted by Gasteiger charge is -2.25. The van der Waals surface area contributed by atoms with Gasteiger partial charge in [-0.1, -0.05) is 13.8 Å². The summed E-state index contributed by atoms with van der Waals surface area (Å²) in [5, 5.41) is 6.08. The van der Waals surface area contributed by atoms with E-state index in [1.54, 1.807) is 22.7 Å². The van der Waals surface area contributed by atoms with E-state index in [0.29, 0.717) is 5.92 Å². The van der Waals surface area contributed by atoms with Crippen LogP contribution < -0.4 is 0 Å². The maximum absolute atomic E-state index is 4.46. The van der Waals surface area contributed by atoms with Gasteiger partial charge in [-0.15, -0.1) is 22.7 Å². The van der Waals surface area contributed by atoms with Crippen molar-refractivity contribution in [3.05, 3.63) is 71.2 Å². The Bertz CT molecular complexity index is 876. The normalized spacial score (nSPS) is 11.7. The molecule has 4 aromatic heterocycles. The lowest BCUT2D eigenvalue weighted by atomic mass is 10.2. The minimum atomic E-state index is 0.594. The average Bonchev–Trinajstić information content (AvgIpc) is 3.41. The van der Waals surface area contributed by atoms with Gasteiger partial charge < -0.3 is 0 Å². The summed E-state index contributed by atoms with van der Waals surface area (Å²) in [6.45, 7) is 7.34. The van der Waals surface area contributed by atoms with Crippen molar-refractivity contribution in [3.63, 3.8) is 0 Å². The Hall–Kier alpha value is -2.22. The summed E-state index contributed by atoms with van der Waals surface area (Å²) in [4.78, 5) is 11.4. The van der Waals surface area contributed by atoms with Crippen molar-refractivity contribution in [1.29, 1.82) is 0 Å². The van der Waals surface area contributed by atoms with E-state index < -0.39 is 0 Å². The second-order valence-electron chi connectivity index (χ2n) is 6.93. The molecule has 4 heterocycles. The molecule has 4 aromatic rings. The zero-order valence-electron chi connectivity index (χ0n) is 15.5. The Morgan fingerprint density at radius 2 is 1.41 bits per heavy atom. The molecule has 140 valence electrons. The van der Waals surface area contributed by atoms with Crippen LogP contribution in [0.5, 0.6) is 0 Å². The molecule has 0 saturated carbocycles. The van der Waals surface area contributed by atoms with Gasteiger partial charge in [-0.25, -0.2) is 9.97 Å². The minimum Gasteiger partial charge on any atom is -0.296 e. The molecule has 0 atom stereocenters. The molecule has 0 aliphatic rings. The van der Waals surface area contributed by atoms with Crippen molar-refractivity contribution in [1.82, 2.24) is 24.0 Å². The highest BCUT2D eigenvalue weighted by molar-refractivity contribution is 7.12. The van der Waals surface area contributed by atoms with E-state index in [2.05, 4.69) is 74.5 Å². The molecule has 0 saturated heterocycles. The molecule has 5 nitrogen and oxygen atoms in total. The monoisotopic (exact) mass is 397 g/mol. The molecule has 0 N–H and O–H groups in total. The van der Waals surface area contributed by atoms with Crippen LogP contribution in [0.25, 0.3) is 10.3 Å². The van der Waals surface area contributed by atoms with E-state index in [9.17, 15) is 0 Å². The molecular formula is C20H23N5S2. The number of hydrogen-bond donors (Lipinski definition) is 0. The molecule has 0 aliphatic heterocycles. The third kappa shape index (κ3) is 4.21. The largest absolute Gasteiger partial charge is 0.296 e. The Balaban J connectivity index is 1.57. The summed E-state index contributed by atoms with van der Waals surface area (Å²) in [5.74, 6) is 0.594. The second kappa shape index (κ2) is 8.21. The topological polar surface area (TPSA) is 38.9 Å². The average molecular weight is 398 g/mol. The highest BCUT2D eigenvalue weighted by Crippen LogP contribution is 2.20. The fourth-order valence-corrected chi connectivity index (χ4v) is 4.61. The van der Waals surface area contributed by atoms with Crippen LogP contribution >= 0.6 is 22.7 Å². The number of nitrogens with zero attached hydrogens (tertiary/aromatic N) is 5. The Kier molecular flexibility index (Phi) is 5.52. The van der Waals surface area contributed by atoms with Crippen molar-refractivity contribution in [2.45, 2.75) is 26.9 Å². The Morgan fingerprint density at radius 3 is 1.81 bits per heavy atom. The van der Waals surface area contributed by atoms with E-state index in [0.717, 1.165) is 29.9 Å². The molecule has 0 bridgehead atoms. The number of thiazole rings is 2. The van der Waals surface area contributed by atoms with Crippen molar-refractivity contribution in [2.24, 2.45) is 5.92 Å². The quantitative estimate of drug-likeness (QED) is 0.427. The van der Waals surface area contributed by atoms with Gasteiger partial charge in [0, 0.05) is 66.6 Å². The molecule has 0 radical (unpaired) electrons. The van der Waals surface area contributed by atoms with Crippen molar-refractivity contribution in [2.75, 3.05) is 6.54 Å². The molecule has 0 amide bonds. The number of rotatable bonds is 8. The van der Waals surface area contributed by atoms with E-state index in [1.807, 2.05) is 23.2 Å². The van der Waals surface area contributed by atoms with Gasteiger partial charge in [0.25, 0.3) is 0 Å². The summed E-state index contributed by atoms with van der Waals surface area (Å²) in [7, 11) is 0. The SMILES string of the molecule is CC(C)CN(Cc1cccn1-c1nccs1)Cc1cccn1-c1nccs1. The maximum atomic E-state index is 4.46. The molecule has 27 heavy (non-hydrogen) atoms. The molecule has 0 unspecified atom stereocenters. The van der Waals surface area contributed by atoms with Gasteiger partial charge in [-0.05, 0) is 30.2 Å². The second-order valence-corrected chi connectivity index (χ2v) is 8.68. The van der Waals surface area contributed by atoms with Crippen LogP contribution in [0.15, 0.2) is 59.8 Å². The molecule has 7 heteroatoms. The lowest BCUT2D eigenvalue weighted by molar-refractivity contribution is 0.220. The first kappa shape index (κ1) is 18.2. The smallest absolute Gasteiger partial charge is 0.193 e. The van der Waals surface area contributed by atoms with Crippen molar-refractivity contribution >= 4 is 22.7 Å². The first-order chi connectivity index (χ1) is 13.2. The van der Waals surface area contributed by atoms with E-state index in [4.69, 9.17) is 0 Å². The van der Waals surface area contributed by atoms with Crippen molar-refractivity contribution < 1.29 is 0 Å². The van der Waals surface area contributed by atoms with E-state index in [1.165, 1.54) is 11.4 Å². The van der Waals surface area contributed by atoms with Gasteiger partial charge in [-0.2, -0.15) is 0 Å². The fraction of sp³-hybridized carbons (Fsp3) is 0.300. The highest BCUT2D eigenvalue weighted by Gasteiger charge is 2.15. The van der Waals surface area contributed by atoms with Gasteiger partial charge in [0.2, 0.25) is 0 Å². The number of aromatic nitrogens is 4. The molecule has 0 fully saturated rings. The highest BCUT2D eigenvalue weighted by atomic mass is 32.1. The molecule has 0 spiro atoms. The van der Waals surface area contributed by atoms with E-state index in [-0.39, 0.29) is 0 Å². The van der Waals surface area contributed by atoms with Crippen LogP contribution in [0.2, 0.25) is 0 Å². The third-order valence-electron chi connectivity index (χ3n) is 4.31. The van der Waals surface area contributed by atoms with Gasteiger partial charge >= 0.3 is 0 Å². The molecule has 0 aromatic carbocycles. The summed E-state index contributed by atoms with van der Waals surface area (Å²) < 4.78 is 4.38. The Labute approximate surface area is 167 Å². The Morgan fingerprint density at radius 1 is 0.889 bits per heavy atom. The summed E-state index contributed by atoms with van der Waals surface area (Å²) in [6, 6.07) is 8.58. The predicted molar refractivity (Wildman–Crippen MR) is 112 cm³/mol. The zero-order chi connectivity index (χ0) is 18.6. The number of hydrogen-bond acceptors (Lipinski definition) is 5. The van der Waals surface area contributed by atoms with Crippen LogP contribution in [0.4, 0.5) is 0 Å². The van der Waals surface area contributed by atoms with Crippen LogP contribution in [-0.2, 0) is 13.1 Å². The zero-order valence-corrected chi connectivity index (χ0v) is 17.2. The predicted octanol–water partition coefficient (Wildman–Crippen LogP) is 4.84. The lowest BCUT2D eigenvalue weighted by Crippen LogP contribution is -2.28. The van der Waals surface area contributed by atoms with Crippen LogP contribution in [-0.4, -0.2) is 30.5 Å². The molecule has 4 rings (SSSR count). The standard InChI is InChI=1S/C20H23N5S2/c1-16(2)13-23(14-17-5-3-9-24(17)19-21-7-11-26-19)15-18-6-4-10-25(18)20-22-8-12-27-20/h3-12,16H,13-15H2,1-2H3. The van der Waals surface area contributed by atoms with Crippen LogP contribution in [0.1, 0.15) is 25.2 Å². The fourth-order valence-electron chi connectivity index (χ4n) is 3.29. The first-order valence-electron chi connectivity index (χ1n) is 9.05. The summed E-state index contributed by atoms with van der Waals surface area (Å²) in [6.07, 6.45) is 7.91. The van der Waals surface area contributed by atoms with E-state index >= 15 is 0 Å². The van der Waals surface area contributed by atoms with Gasteiger partial charge in [0.15, 0.2) is 10.3 Å². The van der Waals surface area contributed by atoms with Crippen molar-refractivity contribution in [3.8, 4) is 10.3 Å². The summed E-state index contributed by atoms with van der Waals surface area (Å²) >= 11 is 3.33. The van der Waals surface area contributed by atoms with Crippen LogP contribution in [0, 0.1) is 5.92 Å².